The number of nitrogens with zero attached hydrogens (tertiary/aromatic N) is 3. The SMILES string of the molecule is O=C(COc1ccccc1)N[C@H]1CO[C@H]2[C@@H]1OC[C@@H]2n1cc(COc2ccccc2)nn1. The van der Waals surface area contributed by atoms with Crippen molar-refractivity contribution in [2.24, 2.45) is 0 Å². The fourth-order valence-corrected chi connectivity index (χ4v) is 3.96. The Hall–Kier alpha value is -3.43. The zero-order valence-electron chi connectivity index (χ0n) is 17.4. The minimum atomic E-state index is -0.242. The normalized spacial score (nSPS) is 24.1. The Kier molecular flexibility index (Phi) is 6.00. The van der Waals surface area contributed by atoms with Gasteiger partial charge in [0, 0.05) is 0 Å². The molecule has 3 aromatic rings. The highest BCUT2D eigenvalue weighted by Crippen LogP contribution is 2.34. The lowest BCUT2D eigenvalue weighted by molar-refractivity contribution is -0.124. The van der Waals surface area contributed by atoms with Crippen molar-refractivity contribution in [3.63, 3.8) is 0 Å². The topological polar surface area (TPSA) is 96.7 Å². The molecule has 9 nitrogen and oxygen atoms in total. The number of benzene rings is 2. The van der Waals surface area contributed by atoms with E-state index in [9.17, 15) is 4.79 Å². The summed E-state index contributed by atoms with van der Waals surface area (Å²) in [4.78, 5) is 12.3. The Labute approximate surface area is 185 Å². The molecule has 0 unspecified atom stereocenters. The van der Waals surface area contributed by atoms with Gasteiger partial charge in [0.2, 0.25) is 0 Å². The maximum absolute atomic E-state index is 12.3. The lowest BCUT2D eigenvalue weighted by Gasteiger charge is -2.18. The lowest BCUT2D eigenvalue weighted by Crippen LogP contribution is -2.45. The second kappa shape index (κ2) is 9.37. The fourth-order valence-electron chi connectivity index (χ4n) is 3.96. The summed E-state index contributed by atoms with van der Waals surface area (Å²) in [5.41, 5.74) is 0.721. The van der Waals surface area contributed by atoms with Gasteiger partial charge in [-0.15, -0.1) is 5.10 Å². The van der Waals surface area contributed by atoms with Gasteiger partial charge >= 0.3 is 0 Å². The largest absolute Gasteiger partial charge is 0.487 e. The van der Waals surface area contributed by atoms with E-state index in [0.717, 1.165) is 11.4 Å². The van der Waals surface area contributed by atoms with Crippen LogP contribution in [0.25, 0.3) is 0 Å². The maximum Gasteiger partial charge on any atom is 0.258 e. The van der Waals surface area contributed by atoms with E-state index in [0.29, 0.717) is 25.6 Å². The minimum Gasteiger partial charge on any atom is -0.487 e. The Morgan fingerprint density at radius 3 is 2.41 bits per heavy atom. The van der Waals surface area contributed by atoms with Crippen LogP contribution in [0.2, 0.25) is 0 Å². The smallest absolute Gasteiger partial charge is 0.258 e. The zero-order valence-corrected chi connectivity index (χ0v) is 17.4. The van der Waals surface area contributed by atoms with Crippen LogP contribution in [0.1, 0.15) is 11.7 Å². The van der Waals surface area contributed by atoms with Crippen LogP contribution in [0.4, 0.5) is 0 Å². The van der Waals surface area contributed by atoms with Gasteiger partial charge in [0.25, 0.3) is 5.91 Å². The Bertz CT molecular complexity index is 1030. The van der Waals surface area contributed by atoms with Crippen molar-refractivity contribution in [1.82, 2.24) is 20.3 Å². The summed E-state index contributed by atoms with van der Waals surface area (Å²) in [5.74, 6) is 1.22. The standard InChI is InChI=1S/C23H24N4O5/c28-21(15-30-18-9-5-2-6-10-18)24-19-13-31-23-20(14-32-22(19)23)27-11-16(25-26-27)12-29-17-7-3-1-4-8-17/h1-11,19-20,22-23H,12-15H2,(H,24,28)/t19-,20-,22+,23+/m0/s1. The maximum atomic E-state index is 12.3. The van der Waals surface area contributed by atoms with Gasteiger partial charge in [-0.1, -0.05) is 41.6 Å². The fraction of sp³-hybridized carbons (Fsp3) is 0.348. The van der Waals surface area contributed by atoms with E-state index < -0.39 is 0 Å². The van der Waals surface area contributed by atoms with Gasteiger partial charge in [-0.3, -0.25) is 4.79 Å². The third-order valence-corrected chi connectivity index (χ3v) is 5.51. The molecule has 1 N–H and O–H groups in total. The molecule has 2 aliphatic heterocycles. The summed E-state index contributed by atoms with van der Waals surface area (Å²) in [5, 5.41) is 11.4. The molecule has 9 heteroatoms. The number of amides is 1. The first-order chi connectivity index (χ1) is 15.8. The van der Waals surface area contributed by atoms with E-state index in [4.69, 9.17) is 18.9 Å². The molecule has 1 amide bonds. The van der Waals surface area contributed by atoms with Crippen LogP contribution in [0.3, 0.4) is 0 Å². The van der Waals surface area contributed by atoms with Gasteiger partial charge in [0.15, 0.2) is 6.61 Å². The van der Waals surface area contributed by atoms with Crippen LogP contribution < -0.4 is 14.8 Å². The van der Waals surface area contributed by atoms with Crippen molar-refractivity contribution in [3.05, 3.63) is 72.6 Å². The summed E-state index contributed by atoms with van der Waals surface area (Å²) in [6.45, 7) is 1.08. The highest BCUT2D eigenvalue weighted by Gasteiger charge is 2.49. The number of carbonyl (C=O) groups is 1. The van der Waals surface area contributed by atoms with E-state index >= 15 is 0 Å². The highest BCUT2D eigenvalue weighted by atomic mass is 16.6. The number of rotatable bonds is 8. The highest BCUT2D eigenvalue weighted by molar-refractivity contribution is 5.78. The molecule has 1 aromatic heterocycles. The van der Waals surface area contributed by atoms with E-state index in [1.165, 1.54) is 0 Å². The van der Waals surface area contributed by atoms with Crippen molar-refractivity contribution >= 4 is 5.91 Å². The van der Waals surface area contributed by atoms with E-state index in [1.54, 1.807) is 4.68 Å². The van der Waals surface area contributed by atoms with Crippen molar-refractivity contribution in [2.75, 3.05) is 19.8 Å². The van der Waals surface area contributed by atoms with Crippen molar-refractivity contribution in [2.45, 2.75) is 30.9 Å². The molecule has 0 saturated carbocycles. The number of aromatic nitrogens is 3. The summed E-state index contributed by atoms with van der Waals surface area (Å²) in [7, 11) is 0. The number of carbonyl (C=O) groups excluding carboxylic acids is 1. The van der Waals surface area contributed by atoms with E-state index in [2.05, 4.69) is 15.6 Å². The molecule has 0 radical (unpaired) electrons. The van der Waals surface area contributed by atoms with Gasteiger partial charge in [0.1, 0.15) is 42.0 Å². The lowest BCUT2D eigenvalue weighted by atomic mass is 10.1. The predicted molar refractivity (Wildman–Crippen MR) is 113 cm³/mol. The van der Waals surface area contributed by atoms with Crippen molar-refractivity contribution < 1.29 is 23.7 Å². The molecule has 2 fully saturated rings. The Morgan fingerprint density at radius 1 is 0.969 bits per heavy atom. The van der Waals surface area contributed by atoms with Crippen LogP contribution in [0, 0.1) is 0 Å². The monoisotopic (exact) mass is 436 g/mol. The molecule has 3 heterocycles. The molecular formula is C23H24N4O5. The number of fused-ring (bicyclic) bond motifs is 1. The van der Waals surface area contributed by atoms with Crippen molar-refractivity contribution in [1.29, 1.82) is 0 Å². The molecule has 2 aliphatic rings. The summed E-state index contributed by atoms with van der Waals surface area (Å²) < 4.78 is 24.9. The molecular weight excluding hydrogens is 412 g/mol. The summed E-state index contributed by atoms with van der Waals surface area (Å²) in [6.07, 6.45) is 1.40. The van der Waals surface area contributed by atoms with Crippen LogP contribution in [-0.2, 0) is 20.9 Å². The van der Waals surface area contributed by atoms with Crippen LogP contribution in [0.15, 0.2) is 66.9 Å². The van der Waals surface area contributed by atoms with Gasteiger partial charge in [-0.2, -0.15) is 0 Å². The molecule has 4 atom stereocenters. The van der Waals surface area contributed by atoms with Gasteiger partial charge in [0.05, 0.1) is 25.5 Å². The molecule has 0 aliphatic carbocycles. The van der Waals surface area contributed by atoms with E-state index in [-0.39, 0.29) is 36.8 Å². The molecule has 2 saturated heterocycles. The number of hydrogen-bond acceptors (Lipinski definition) is 7. The van der Waals surface area contributed by atoms with Gasteiger partial charge < -0.3 is 24.3 Å². The third-order valence-electron chi connectivity index (χ3n) is 5.51. The number of ether oxygens (including phenoxy) is 4. The predicted octanol–water partition coefficient (Wildman–Crippen LogP) is 1.76. The second-order valence-corrected chi connectivity index (χ2v) is 7.73. The molecule has 32 heavy (non-hydrogen) atoms. The van der Waals surface area contributed by atoms with Crippen molar-refractivity contribution in [3.8, 4) is 11.5 Å². The van der Waals surface area contributed by atoms with Crippen LogP contribution in [-0.4, -0.2) is 59.0 Å². The molecule has 166 valence electrons. The molecule has 2 aromatic carbocycles. The first-order valence-electron chi connectivity index (χ1n) is 10.6. The Balaban J connectivity index is 1.13. The molecule has 5 rings (SSSR count). The van der Waals surface area contributed by atoms with Crippen LogP contribution >= 0.6 is 0 Å². The first kappa shape index (κ1) is 20.5. The van der Waals surface area contributed by atoms with Crippen LogP contribution in [0.5, 0.6) is 11.5 Å². The zero-order chi connectivity index (χ0) is 21.8. The second-order valence-electron chi connectivity index (χ2n) is 7.73. The van der Waals surface area contributed by atoms with Gasteiger partial charge in [-0.25, -0.2) is 4.68 Å². The summed E-state index contributed by atoms with van der Waals surface area (Å²) >= 11 is 0. The van der Waals surface area contributed by atoms with Gasteiger partial charge in [-0.05, 0) is 24.3 Å². The average molecular weight is 436 g/mol. The Morgan fingerprint density at radius 2 is 1.66 bits per heavy atom. The average Bonchev–Trinajstić information content (AvgIpc) is 3.55. The first-order valence-corrected chi connectivity index (χ1v) is 10.6. The molecule has 0 bridgehead atoms. The summed E-state index contributed by atoms with van der Waals surface area (Å²) in [6, 6.07) is 18.5. The minimum absolute atomic E-state index is 0.0603. The number of hydrogen-bond donors (Lipinski definition) is 1. The third kappa shape index (κ3) is 4.58. The number of para-hydroxylation sites is 2. The van der Waals surface area contributed by atoms with E-state index in [1.807, 2.05) is 66.9 Å². The molecule has 0 spiro atoms. The number of nitrogens with one attached hydrogen (secondary N) is 1. The quantitative estimate of drug-likeness (QED) is 0.575.